The largest absolute Gasteiger partial charge is 0.378 e. The molecule has 1 saturated heterocycles. The molecule has 36 heavy (non-hydrogen) atoms. The zero-order valence-corrected chi connectivity index (χ0v) is 21.7. The molecule has 0 radical (unpaired) electrons. The molecule has 1 aromatic rings. The molecule has 1 aromatic carbocycles. The van der Waals surface area contributed by atoms with E-state index in [-0.39, 0.29) is 18.8 Å². The molecule has 0 saturated carbocycles. The molecule has 0 bridgehead atoms. The van der Waals surface area contributed by atoms with Gasteiger partial charge in [-0.1, -0.05) is 56.3 Å². The van der Waals surface area contributed by atoms with Crippen LogP contribution in [0, 0.1) is 17.8 Å². The number of carbonyl (C=O) groups excluding carboxylic acids is 3. The SMILES string of the molecule is CC(C)C[C@@H](C(=O)NN(CC(=O)N1CCOCC1)S(C)(=O)=O)[C@H](C/C=C/c1ccccc1)C(=O)NO. The van der Waals surface area contributed by atoms with Crippen LogP contribution in [0.2, 0.25) is 0 Å². The van der Waals surface area contributed by atoms with Gasteiger partial charge in [0, 0.05) is 13.1 Å². The molecule has 3 N–H and O–H groups in total. The first-order valence-electron chi connectivity index (χ1n) is 11.8. The molecular weight excluding hydrogens is 488 g/mol. The lowest BCUT2D eigenvalue weighted by Crippen LogP contribution is -2.54. The standard InChI is InChI=1S/C24H36N4O7S/c1-18(2)16-21(20(24(31)26-32)11-7-10-19-8-5-4-6-9-19)23(30)25-28(36(3,33)34)17-22(29)27-12-14-35-15-13-27/h4-10,18,20-21,32H,11-17H2,1-3H3,(H,25,30)(H,26,31)/b10-7+/t20-,21+/m0/s1. The molecule has 0 aromatic heterocycles. The average Bonchev–Trinajstić information content (AvgIpc) is 2.85. The van der Waals surface area contributed by atoms with Gasteiger partial charge in [0.05, 0.1) is 31.3 Å². The van der Waals surface area contributed by atoms with Crippen LogP contribution < -0.4 is 10.9 Å². The van der Waals surface area contributed by atoms with Crippen LogP contribution in [0.4, 0.5) is 0 Å². The second-order valence-electron chi connectivity index (χ2n) is 9.11. The molecule has 200 valence electrons. The van der Waals surface area contributed by atoms with Gasteiger partial charge >= 0.3 is 0 Å². The number of nitrogens with zero attached hydrogens (tertiary/aromatic N) is 2. The number of rotatable bonds is 12. The maximum Gasteiger partial charge on any atom is 0.247 e. The van der Waals surface area contributed by atoms with Gasteiger partial charge in [0.1, 0.15) is 6.54 Å². The number of hydrogen-bond acceptors (Lipinski definition) is 7. The lowest BCUT2D eigenvalue weighted by atomic mass is 9.82. The number of allylic oxidation sites excluding steroid dienone is 1. The smallest absolute Gasteiger partial charge is 0.247 e. The normalized spacial score (nSPS) is 16.2. The van der Waals surface area contributed by atoms with Gasteiger partial charge in [0.15, 0.2) is 0 Å². The molecule has 3 amide bonds. The highest BCUT2D eigenvalue weighted by atomic mass is 32.2. The maximum atomic E-state index is 13.3. The summed E-state index contributed by atoms with van der Waals surface area (Å²) in [6.45, 7) is 4.50. The van der Waals surface area contributed by atoms with Gasteiger partial charge in [-0.05, 0) is 24.3 Å². The van der Waals surface area contributed by atoms with Crippen molar-refractivity contribution < 1.29 is 32.7 Å². The molecule has 1 aliphatic rings. The van der Waals surface area contributed by atoms with Crippen molar-refractivity contribution in [2.24, 2.45) is 17.8 Å². The minimum Gasteiger partial charge on any atom is -0.378 e. The Kier molecular flexibility index (Phi) is 11.5. The van der Waals surface area contributed by atoms with E-state index in [9.17, 15) is 28.0 Å². The van der Waals surface area contributed by atoms with Crippen LogP contribution in [0.5, 0.6) is 0 Å². The Morgan fingerprint density at radius 2 is 1.75 bits per heavy atom. The molecular formula is C24H36N4O7S. The Labute approximate surface area is 212 Å². The van der Waals surface area contributed by atoms with E-state index in [0.29, 0.717) is 30.7 Å². The van der Waals surface area contributed by atoms with E-state index >= 15 is 0 Å². The van der Waals surface area contributed by atoms with Crippen molar-refractivity contribution in [3.63, 3.8) is 0 Å². The Balaban J connectivity index is 2.23. The number of hydrazine groups is 1. The van der Waals surface area contributed by atoms with Crippen LogP contribution in [0.15, 0.2) is 36.4 Å². The number of hydrogen-bond donors (Lipinski definition) is 3. The Bertz CT molecular complexity index is 1010. The maximum absolute atomic E-state index is 13.3. The second-order valence-corrected chi connectivity index (χ2v) is 11.0. The van der Waals surface area contributed by atoms with Crippen molar-refractivity contribution in [1.29, 1.82) is 0 Å². The van der Waals surface area contributed by atoms with E-state index in [1.165, 1.54) is 4.90 Å². The molecule has 1 fully saturated rings. The fraction of sp³-hybridized carbons (Fsp3) is 0.542. The summed E-state index contributed by atoms with van der Waals surface area (Å²) in [6, 6.07) is 9.37. The van der Waals surface area contributed by atoms with Crippen molar-refractivity contribution in [3.8, 4) is 0 Å². The van der Waals surface area contributed by atoms with E-state index < -0.39 is 46.1 Å². The zero-order valence-electron chi connectivity index (χ0n) is 20.9. The van der Waals surface area contributed by atoms with Gasteiger partial charge in [-0.25, -0.2) is 13.9 Å². The molecule has 12 heteroatoms. The number of hydroxylamine groups is 1. The molecule has 0 unspecified atom stereocenters. The third-order valence-electron chi connectivity index (χ3n) is 5.77. The minimum atomic E-state index is -4.00. The van der Waals surface area contributed by atoms with E-state index in [2.05, 4.69) is 5.43 Å². The summed E-state index contributed by atoms with van der Waals surface area (Å²) in [5.41, 5.74) is 4.86. The summed E-state index contributed by atoms with van der Waals surface area (Å²) in [5, 5.41) is 9.34. The molecule has 0 spiro atoms. The minimum absolute atomic E-state index is 0.0190. The summed E-state index contributed by atoms with van der Waals surface area (Å²) in [7, 11) is -4.00. The number of ether oxygens (including phenoxy) is 1. The van der Waals surface area contributed by atoms with Crippen molar-refractivity contribution >= 4 is 33.8 Å². The van der Waals surface area contributed by atoms with Crippen LogP contribution in [-0.2, 0) is 29.1 Å². The van der Waals surface area contributed by atoms with Crippen LogP contribution in [0.25, 0.3) is 6.08 Å². The number of benzene rings is 1. The molecule has 1 heterocycles. The highest BCUT2D eigenvalue weighted by Gasteiger charge is 2.36. The number of nitrogens with one attached hydrogen (secondary N) is 2. The third-order valence-corrected chi connectivity index (χ3v) is 6.79. The van der Waals surface area contributed by atoms with Crippen molar-refractivity contribution in [3.05, 3.63) is 42.0 Å². The van der Waals surface area contributed by atoms with Gasteiger partial charge in [0.25, 0.3) is 0 Å². The average molecular weight is 525 g/mol. The first-order valence-corrected chi connectivity index (χ1v) is 13.7. The Hall–Kier alpha value is -2.80. The van der Waals surface area contributed by atoms with Crippen molar-refractivity contribution in [2.45, 2.75) is 26.7 Å². The Morgan fingerprint density at radius 3 is 2.31 bits per heavy atom. The topological polar surface area (TPSA) is 145 Å². The number of sulfonamides is 1. The lowest BCUT2D eigenvalue weighted by molar-refractivity contribution is -0.143. The van der Waals surface area contributed by atoms with Crippen molar-refractivity contribution in [1.82, 2.24) is 20.2 Å². The van der Waals surface area contributed by atoms with Crippen LogP contribution in [0.3, 0.4) is 0 Å². The van der Waals surface area contributed by atoms with E-state index in [1.807, 2.05) is 44.2 Å². The predicted octanol–water partition coefficient (Wildman–Crippen LogP) is 1.03. The quantitative estimate of drug-likeness (QED) is 0.273. The van der Waals surface area contributed by atoms with Gasteiger partial charge in [-0.3, -0.25) is 25.0 Å². The molecule has 2 atom stereocenters. The number of carbonyl (C=O) groups is 3. The van der Waals surface area contributed by atoms with Crippen molar-refractivity contribution in [2.75, 3.05) is 39.1 Å². The van der Waals surface area contributed by atoms with E-state index in [1.54, 1.807) is 17.6 Å². The number of morpholine rings is 1. The highest BCUT2D eigenvalue weighted by Crippen LogP contribution is 2.26. The summed E-state index contributed by atoms with van der Waals surface area (Å²) < 4.78 is 30.6. The summed E-state index contributed by atoms with van der Waals surface area (Å²) in [5.74, 6) is -3.93. The zero-order chi connectivity index (χ0) is 26.7. The molecule has 2 rings (SSSR count). The Morgan fingerprint density at radius 1 is 1.11 bits per heavy atom. The summed E-state index contributed by atoms with van der Waals surface area (Å²) in [4.78, 5) is 40.0. The first kappa shape index (κ1) is 29.4. The number of amides is 3. The van der Waals surface area contributed by atoms with Gasteiger partial charge < -0.3 is 9.64 Å². The van der Waals surface area contributed by atoms with E-state index in [0.717, 1.165) is 11.8 Å². The molecule has 11 nitrogen and oxygen atoms in total. The predicted molar refractivity (Wildman–Crippen MR) is 134 cm³/mol. The molecule has 1 aliphatic heterocycles. The van der Waals surface area contributed by atoms with Crippen LogP contribution in [0.1, 0.15) is 32.3 Å². The van der Waals surface area contributed by atoms with Gasteiger partial charge in [-0.15, -0.1) is 4.41 Å². The van der Waals surface area contributed by atoms with E-state index in [4.69, 9.17) is 4.74 Å². The second kappa shape index (κ2) is 14.1. The summed E-state index contributed by atoms with van der Waals surface area (Å²) in [6.07, 6.45) is 4.78. The monoisotopic (exact) mass is 524 g/mol. The summed E-state index contributed by atoms with van der Waals surface area (Å²) >= 11 is 0. The van der Waals surface area contributed by atoms with Gasteiger partial charge in [0.2, 0.25) is 27.7 Å². The fourth-order valence-corrected chi connectivity index (χ4v) is 4.50. The first-order chi connectivity index (χ1) is 17.0. The fourth-order valence-electron chi connectivity index (χ4n) is 3.89. The third kappa shape index (κ3) is 9.34. The van der Waals surface area contributed by atoms with Crippen LogP contribution >= 0.6 is 0 Å². The molecule has 0 aliphatic carbocycles. The van der Waals surface area contributed by atoms with Gasteiger partial charge in [-0.2, -0.15) is 0 Å². The van der Waals surface area contributed by atoms with Crippen LogP contribution in [-0.4, -0.2) is 79.8 Å². The highest BCUT2D eigenvalue weighted by molar-refractivity contribution is 7.88. The lowest BCUT2D eigenvalue weighted by Gasteiger charge is -2.31.